The van der Waals surface area contributed by atoms with E-state index in [9.17, 15) is 4.79 Å². The van der Waals surface area contributed by atoms with E-state index < -0.39 is 0 Å². The number of aryl methyl sites for hydroxylation is 2. The molecule has 1 N–H and O–H groups in total. The van der Waals surface area contributed by atoms with Gasteiger partial charge in [-0.15, -0.1) is 0 Å². The van der Waals surface area contributed by atoms with Crippen LogP contribution in [0.2, 0.25) is 0 Å². The molecule has 3 aromatic rings. The Balaban J connectivity index is 1.84. The summed E-state index contributed by atoms with van der Waals surface area (Å²) in [4.78, 5) is 19.1. The largest absolute Gasteiger partial charge is 0.466 e. The fraction of sp³-hybridized carbons (Fsp3) is 0.368. The zero-order chi connectivity index (χ0) is 16.9. The Morgan fingerprint density at radius 1 is 1.29 bits per heavy atom. The van der Waals surface area contributed by atoms with Crippen LogP contribution in [0.5, 0.6) is 0 Å². The van der Waals surface area contributed by atoms with Crippen LogP contribution in [-0.4, -0.2) is 27.1 Å². The van der Waals surface area contributed by atoms with Crippen molar-refractivity contribution in [3.63, 3.8) is 0 Å². The molecule has 2 aromatic heterocycles. The SMILES string of the molecule is CCOC(=O)CCCCn1c(-c2ncc[nH]2)c(C)c2ccccc21. The second-order valence-corrected chi connectivity index (χ2v) is 5.84. The molecule has 0 bridgehead atoms. The van der Waals surface area contributed by atoms with Crippen molar-refractivity contribution in [2.24, 2.45) is 0 Å². The number of rotatable bonds is 7. The Kier molecular flexibility index (Phi) is 4.99. The highest BCUT2D eigenvalue weighted by Gasteiger charge is 2.16. The van der Waals surface area contributed by atoms with E-state index >= 15 is 0 Å². The summed E-state index contributed by atoms with van der Waals surface area (Å²) >= 11 is 0. The van der Waals surface area contributed by atoms with Gasteiger partial charge in [0.15, 0.2) is 5.82 Å². The highest BCUT2D eigenvalue weighted by molar-refractivity contribution is 5.90. The molecule has 2 heterocycles. The van der Waals surface area contributed by atoms with E-state index in [1.807, 2.05) is 13.1 Å². The summed E-state index contributed by atoms with van der Waals surface area (Å²) in [5.41, 5.74) is 3.56. The van der Waals surface area contributed by atoms with Gasteiger partial charge in [0.1, 0.15) is 0 Å². The number of imidazole rings is 1. The second-order valence-electron chi connectivity index (χ2n) is 5.84. The van der Waals surface area contributed by atoms with E-state index in [-0.39, 0.29) is 5.97 Å². The molecular weight excluding hydrogens is 302 g/mol. The standard InChI is InChI=1S/C19H23N3O2/c1-3-24-17(23)10-6-7-13-22-16-9-5-4-8-15(16)14(2)18(22)19-20-11-12-21-19/h4-5,8-9,11-12H,3,6-7,10,13H2,1-2H3,(H,20,21). The number of esters is 1. The highest BCUT2D eigenvalue weighted by Crippen LogP contribution is 2.31. The number of ether oxygens (including phenoxy) is 1. The van der Waals surface area contributed by atoms with E-state index in [4.69, 9.17) is 4.74 Å². The number of para-hydroxylation sites is 1. The number of aromatic amines is 1. The summed E-state index contributed by atoms with van der Waals surface area (Å²) in [5, 5.41) is 1.24. The van der Waals surface area contributed by atoms with Crippen molar-refractivity contribution in [1.29, 1.82) is 0 Å². The van der Waals surface area contributed by atoms with Gasteiger partial charge in [0, 0.05) is 36.3 Å². The van der Waals surface area contributed by atoms with Crippen molar-refractivity contribution < 1.29 is 9.53 Å². The molecule has 0 aliphatic rings. The van der Waals surface area contributed by atoms with Crippen LogP contribution in [0.25, 0.3) is 22.4 Å². The van der Waals surface area contributed by atoms with Gasteiger partial charge < -0.3 is 14.3 Å². The molecular formula is C19H23N3O2. The van der Waals surface area contributed by atoms with Crippen molar-refractivity contribution in [3.8, 4) is 11.5 Å². The van der Waals surface area contributed by atoms with E-state index in [1.54, 1.807) is 6.20 Å². The van der Waals surface area contributed by atoms with Crippen molar-refractivity contribution >= 4 is 16.9 Å². The van der Waals surface area contributed by atoms with Gasteiger partial charge in [-0.05, 0) is 38.3 Å². The summed E-state index contributed by atoms with van der Waals surface area (Å²) < 4.78 is 7.29. The number of fused-ring (bicyclic) bond motifs is 1. The Labute approximate surface area is 141 Å². The van der Waals surface area contributed by atoms with Crippen molar-refractivity contribution in [1.82, 2.24) is 14.5 Å². The lowest BCUT2D eigenvalue weighted by molar-refractivity contribution is -0.143. The van der Waals surface area contributed by atoms with E-state index in [0.717, 1.165) is 30.9 Å². The van der Waals surface area contributed by atoms with Crippen LogP contribution in [0.3, 0.4) is 0 Å². The summed E-state index contributed by atoms with van der Waals surface area (Å²) in [7, 11) is 0. The van der Waals surface area contributed by atoms with Gasteiger partial charge in [0.2, 0.25) is 0 Å². The first-order chi connectivity index (χ1) is 11.7. The smallest absolute Gasteiger partial charge is 0.305 e. The zero-order valence-corrected chi connectivity index (χ0v) is 14.2. The van der Waals surface area contributed by atoms with E-state index in [0.29, 0.717) is 13.0 Å². The van der Waals surface area contributed by atoms with Crippen molar-refractivity contribution in [3.05, 3.63) is 42.2 Å². The van der Waals surface area contributed by atoms with Crippen LogP contribution < -0.4 is 0 Å². The van der Waals surface area contributed by atoms with Crippen molar-refractivity contribution in [2.45, 2.75) is 39.7 Å². The number of H-pyrrole nitrogens is 1. The molecule has 5 heteroatoms. The van der Waals surface area contributed by atoms with Crippen LogP contribution in [0.15, 0.2) is 36.7 Å². The predicted octanol–water partition coefficient (Wildman–Crippen LogP) is 4.07. The lowest BCUT2D eigenvalue weighted by Crippen LogP contribution is -2.06. The molecule has 0 radical (unpaired) electrons. The Hall–Kier alpha value is -2.56. The monoisotopic (exact) mass is 325 g/mol. The first kappa shape index (κ1) is 16.3. The average Bonchev–Trinajstić information content (AvgIpc) is 3.19. The maximum Gasteiger partial charge on any atom is 0.305 e. The first-order valence-corrected chi connectivity index (χ1v) is 8.45. The minimum atomic E-state index is -0.114. The highest BCUT2D eigenvalue weighted by atomic mass is 16.5. The van der Waals surface area contributed by atoms with Crippen LogP contribution >= 0.6 is 0 Å². The third-order valence-corrected chi connectivity index (χ3v) is 4.26. The summed E-state index contributed by atoms with van der Waals surface area (Å²) in [6, 6.07) is 8.40. The van der Waals surface area contributed by atoms with Gasteiger partial charge in [-0.3, -0.25) is 4.79 Å². The molecule has 0 aliphatic heterocycles. The third-order valence-electron chi connectivity index (χ3n) is 4.26. The molecule has 0 saturated heterocycles. The molecule has 0 fully saturated rings. The number of aromatic nitrogens is 3. The minimum absolute atomic E-state index is 0.114. The fourth-order valence-electron chi connectivity index (χ4n) is 3.18. The molecule has 5 nitrogen and oxygen atoms in total. The number of unbranched alkanes of at least 4 members (excludes halogenated alkanes) is 1. The van der Waals surface area contributed by atoms with E-state index in [2.05, 4.69) is 45.7 Å². The Morgan fingerprint density at radius 3 is 2.88 bits per heavy atom. The van der Waals surface area contributed by atoms with Gasteiger partial charge in [0.25, 0.3) is 0 Å². The number of hydrogen-bond donors (Lipinski definition) is 1. The normalized spacial score (nSPS) is 11.1. The summed E-state index contributed by atoms with van der Waals surface area (Å²) in [6.07, 6.45) is 5.84. The minimum Gasteiger partial charge on any atom is -0.466 e. The molecule has 126 valence electrons. The predicted molar refractivity (Wildman–Crippen MR) is 94.7 cm³/mol. The number of nitrogens with one attached hydrogen (secondary N) is 1. The molecule has 0 atom stereocenters. The number of carbonyl (C=O) groups is 1. The Bertz CT molecular complexity index is 819. The zero-order valence-electron chi connectivity index (χ0n) is 14.2. The fourth-order valence-corrected chi connectivity index (χ4v) is 3.18. The van der Waals surface area contributed by atoms with Gasteiger partial charge in [-0.1, -0.05) is 18.2 Å². The number of nitrogens with zero attached hydrogens (tertiary/aromatic N) is 2. The van der Waals surface area contributed by atoms with Gasteiger partial charge in [0.05, 0.1) is 12.3 Å². The molecule has 0 amide bonds. The van der Waals surface area contributed by atoms with Crippen LogP contribution in [0.4, 0.5) is 0 Å². The molecule has 24 heavy (non-hydrogen) atoms. The second kappa shape index (κ2) is 7.34. The van der Waals surface area contributed by atoms with Crippen LogP contribution in [0.1, 0.15) is 31.7 Å². The number of hydrogen-bond acceptors (Lipinski definition) is 3. The number of benzene rings is 1. The van der Waals surface area contributed by atoms with E-state index in [1.165, 1.54) is 16.5 Å². The molecule has 0 saturated carbocycles. The molecule has 0 spiro atoms. The molecule has 3 rings (SSSR count). The van der Waals surface area contributed by atoms with Gasteiger partial charge in [-0.2, -0.15) is 0 Å². The summed E-state index contributed by atoms with van der Waals surface area (Å²) in [6.45, 7) is 5.27. The first-order valence-electron chi connectivity index (χ1n) is 8.45. The van der Waals surface area contributed by atoms with Crippen LogP contribution in [0, 0.1) is 6.92 Å². The number of carbonyl (C=O) groups excluding carboxylic acids is 1. The molecule has 1 aromatic carbocycles. The van der Waals surface area contributed by atoms with Crippen molar-refractivity contribution in [2.75, 3.05) is 6.61 Å². The van der Waals surface area contributed by atoms with Gasteiger partial charge >= 0.3 is 5.97 Å². The maximum atomic E-state index is 11.5. The third kappa shape index (κ3) is 3.20. The Morgan fingerprint density at radius 2 is 2.12 bits per heavy atom. The lowest BCUT2D eigenvalue weighted by Gasteiger charge is -2.10. The summed E-state index contributed by atoms with van der Waals surface area (Å²) in [5.74, 6) is 0.770. The maximum absolute atomic E-state index is 11.5. The topological polar surface area (TPSA) is 59.9 Å². The molecule has 0 aliphatic carbocycles. The average molecular weight is 325 g/mol. The lowest BCUT2D eigenvalue weighted by atomic mass is 10.1. The van der Waals surface area contributed by atoms with Gasteiger partial charge in [-0.25, -0.2) is 4.98 Å². The van der Waals surface area contributed by atoms with Crippen LogP contribution in [-0.2, 0) is 16.1 Å². The molecule has 0 unspecified atom stereocenters. The quantitative estimate of drug-likeness (QED) is 0.526.